The first-order valence-electron chi connectivity index (χ1n) is 9.67. The van der Waals surface area contributed by atoms with E-state index in [0.717, 1.165) is 11.3 Å². The molecular weight excluding hydrogens is 458 g/mol. The van der Waals surface area contributed by atoms with Gasteiger partial charge in [-0.3, -0.25) is 9.79 Å². The molecular formula is C21H22ClN3O4S2. The van der Waals surface area contributed by atoms with E-state index in [1.807, 2.05) is 36.1 Å². The zero-order chi connectivity index (χ0) is 22.2. The molecule has 0 unspecified atom stereocenters. The highest BCUT2D eigenvalue weighted by molar-refractivity contribution is 8.14. The van der Waals surface area contributed by atoms with Gasteiger partial charge in [-0.25, -0.2) is 8.42 Å². The third-order valence-electron chi connectivity index (χ3n) is 5.33. The second-order valence-corrected chi connectivity index (χ2v) is 10.9. The highest BCUT2D eigenvalue weighted by atomic mass is 35.5. The number of anilines is 2. The molecule has 10 heteroatoms. The SMILES string of the molecule is COc1ccccc1N1C(SCC(=O)Nc2cccc(Cl)c2C)=N[C@@H]2CS(=O)(=O)C[C@@H]21. The van der Waals surface area contributed by atoms with E-state index in [-0.39, 0.29) is 35.2 Å². The van der Waals surface area contributed by atoms with E-state index in [4.69, 9.17) is 16.3 Å². The molecule has 1 N–H and O–H groups in total. The molecule has 0 aromatic heterocycles. The second-order valence-electron chi connectivity index (χ2n) is 7.41. The van der Waals surface area contributed by atoms with Gasteiger partial charge in [0.25, 0.3) is 0 Å². The summed E-state index contributed by atoms with van der Waals surface area (Å²) >= 11 is 7.41. The van der Waals surface area contributed by atoms with Gasteiger partial charge in [-0.05, 0) is 36.8 Å². The molecule has 0 bridgehead atoms. The van der Waals surface area contributed by atoms with Crippen LogP contribution in [0.5, 0.6) is 5.75 Å². The minimum atomic E-state index is -3.16. The number of carbonyl (C=O) groups excluding carboxylic acids is 1. The number of benzene rings is 2. The highest BCUT2D eigenvalue weighted by Crippen LogP contribution is 2.39. The molecule has 0 radical (unpaired) electrons. The summed E-state index contributed by atoms with van der Waals surface area (Å²) in [5.41, 5.74) is 2.21. The van der Waals surface area contributed by atoms with Crippen LogP contribution in [0.4, 0.5) is 11.4 Å². The van der Waals surface area contributed by atoms with Gasteiger partial charge < -0.3 is 15.0 Å². The molecule has 1 saturated heterocycles. The van der Waals surface area contributed by atoms with Gasteiger partial charge in [0.05, 0.1) is 42.1 Å². The Morgan fingerprint density at radius 2 is 2.03 bits per heavy atom. The number of aliphatic imine (C=N–C) groups is 1. The van der Waals surface area contributed by atoms with Crippen molar-refractivity contribution >= 4 is 55.6 Å². The summed E-state index contributed by atoms with van der Waals surface area (Å²) in [5.74, 6) is 0.601. The average Bonchev–Trinajstić information content (AvgIpc) is 3.20. The molecule has 7 nitrogen and oxygen atoms in total. The average molecular weight is 480 g/mol. The first kappa shape index (κ1) is 22.0. The maximum absolute atomic E-state index is 12.6. The molecule has 31 heavy (non-hydrogen) atoms. The molecule has 1 fully saturated rings. The van der Waals surface area contributed by atoms with E-state index in [9.17, 15) is 13.2 Å². The monoisotopic (exact) mass is 479 g/mol. The molecule has 2 aromatic carbocycles. The van der Waals surface area contributed by atoms with Gasteiger partial charge in [0.15, 0.2) is 15.0 Å². The van der Waals surface area contributed by atoms with Gasteiger partial charge in [-0.1, -0.05) is 41.6 Å². The molecule has 2 heterocycles. The van der Waals surface area contributed by atoms with Crippen LogP contribution in [0, 0.1) is 6.92 Å². The summed E-state index contributed by atoms with van der Waals surface area (Å²) in [6.07, 6.45) is 0. The Balaban J connectivity index is 1.54. The van der Waals surface area contributed by atoms with E-state index >= 15 is 0 Å². The Kier molecular flexibility index (Phi) is 6.18. The minimum Gasteiger partial charge on any atom is -0.495 e. The van der Waals surface area contributed by atoms with Crippen LogP contribution in [0.15, 0.2) is 47.5 Å². The summed E-state index contributed by atoms with van der Waals surface area (Å²) in [7, 11) is -1.59. The maximum atomic E-state index is 12.6. The number of fused-ring (bicyclic) bond motifs is 1. The van der Waals surface area contributed by atoms with Crippen LogP contribution in [0.1, 0.15) is 5.56 Å². The molecule has 164 valence electrons. The lowest BCUT2D eigenvalue weighted by Crippen LogP contribution is -2.39. The van der Waals surface area contributed by atoms with Crippen molar-refractivity contribution in [3.05, 3.63) is 53.1 Å². The van der Waals surface area contributed by atoms with Crippen LogP contribution in [-0.2, 0) is 14.6 Å². The number of sulfone groups is 1. The fraction of sp³-hybridized carbons (Fsp3) is 0.333. The van der Waals surface area contributed by atoms with Gasteiger partial charge in [0.2, 0.25) is 5.91 Å². The first-order valence-corrected chi connectivity index (χ1v) is 12.9. The number of hydrogen-bond donors (Lipinski definition) is 1. The quantitative estimate of drug-likeness (QED) is 0.707. The van der Waals surface area contributed by atoms with Crippen molar-refractivity contribution in [3.8, 4) is 5.75 Å². The Bertz CT molecular complexity index is 1150. The third-order valence-corrected chi connectivity index (χ3v) is 8.40. The summed E-state index contributed by atoms with van der Waals surface area (Å²) in [4.78, 5) is 19.1. The maximum Gasteiger partial charge on any atom is 0.234 e. The fourth-order valence-electron chi connectivity index (χ4n) is 3.80. The Morgan fingerprint density at radius 1 is 1.26 bits per heavy atom. The van der Waals surface area contributed by atoms with E-state index in [1.54, 1.807) is 25.3 Å². The highest BCUT2D eigenvalue weighted by Gasteiger charge is 2.47. The van der Waals surface area contributed by atoms with Crippen molar-refractivity contribution in [2.45, 2.75) is 19.0 Å². The molecule has 2 aliphatic rings. The predicted molar refractivity (Wildman–Crippen MR) is 126 cm³/mol. The number of nitrogens with one attached hydrogen (secondary N) is 1. The standard InChI is InChI=1S/C21H22ClN3O4S2/c1-13-14(22)6-5-7-15(13)23-20(26)10-30-21-24-16-11-31(27,28)12-18(16)25(21)17-8-3-4-9-19(17)29-2/h3-9,16,18H,10-12H2,1-2H3,(H,23,26)/t16-,18+/m1/s1. The molecule has 2 aromatic rings. The van der Waals surface area contributed by atoms with Crippen molar-refractivity contribution < 1.29 is 17.9 Å². The zero-order valence-electron chi connectivity index (χ0n) is 17.0. The van der Waals surface area contributed by atoms with Crippen molar-refractivity contribution in [1.29, 1.82) is 0 Å². The van der Waals surface area contributed by atoms with Gasteiger partial charge in [0.1, 0.15) is 5.75 Å². The minimum absolute atomic E-state index is 0.0152. The molecule has 1 amide bonds. The number of amides is 1. The smallest absolute Gasteiger partial charge is 0.234 e. The van der Waals surface area contributed by atoms with Crippen molar-refractivity contribution in [2.75, 3.05) is 34.6 Å². The van der Waals surface area contributed by atoms with Crippen molar-refractivity contribution in [2.24, 2.45) is 4.99 Å². The van der Waals surface area contributed by atoms with Gasteiger partial charge in [-0.15, -0.1) is 0 Å². The van der Waals surface area contributed by atoms with Crippen molar-refractivity contribution in [3.63, 3.8) is 0 Å². The van der Waals surface area contributed by atoms with E-state index < -0.39 is 9.84 Å². The lowest BCUT2D eigenvalue weighted by atomic mass is 10.1. The van der Waals surface area contributed by atoms with Crippen LogP contribution in [0.3, 0.4) is 0 Å². The molecule has 2 atom stereocenters. The Morgan fingerprint density at radius 3 is 2.81 bits per heavy atom. The summed E-state index contributed by atoms with van der Waals surface area (Å²) < 4.78 is 29.9. The Labute approximate surface area is 190 Å². The third kappa shape index (κ3) is 4.53. The topological polar surface area (TPSA) is 88.1 Å². The molecule has 2 aliphatic heterocycles. The van der Waals surface area contributed by atoms with Gasteiger partial charge in [-0.2, -0.15) is 0 Å². The molecule has 0 aliphatic carbocycles. The lowest BCUT2D eigenvalue weighted by molar-refractivity contribution is -0.113. The second kappa shape index (κ2) is 8.72. The number of nitrogens with zero attached hydrogens (tertiary/aromatic N) is 2. The van der Waals surface area contributed by atoms with Crippen LogP contribution in [-0.4, -0.2) is 55.9 Å². The largest absolute Gasteiger partial charge is 0.495 e. The molecule has 0 saturated carbocycles. The van der Waals surface area contributed by atoms with E-state index in [2.05, 4.69) is 10.3 Å². The number of rotatable bonds is 5. The predicted octanol–water partition coefficient (Wildman–Crippen LogP) is 3.37. The van der Waals surface area contributed by atoms with E-state index in [1.165, 1.54) is 11.8 Å². The van der Waals surface area contributed by atoms with Crippen molar-refractivity contribution in [1.82, 2.24) is 0 Å². The van der Waals surface area contributed by atoms with E-state index in [0.29, 0.717) is 21.6 Å². The summed E-state index contributed by atoms with van der Waals surface area (Å²) in [5, 5.41) is 4.08. The number of halogens is 1. The fourth-order valence-corrected chi connectivity index (χ4v) is 6.74. The van der Waals surface area contributed by atoms with Gasteiger partial charge >= 0.3 is 0 Å². The number of ether oxygens (including phenoxy) is 1. The first-order chi connectivity index (χ1) is 14.8. The molecule has 0 spiro atoms. The number of methoxy groups -OCH3 is 1. The number of para-hydroxylation sites is 2. The summed E-state index contributed by atoms with van der Waals surface area (Å²) in [6, 6.07) is 12.1. The number of amidine groups is 1. The van der Waals surface area contributed by atoms with Crippen LogP contribution < -0.4 is 15.0 Å². The summed E-state index contributed by atoms with van der Waals surface area (Å²) in [6.45, 7) is 1.84. The van der Waals surface area contributed by atoms with Gasteiger partial charge in [0, 0.05) is 10.7 Å². The van der Waals surface area contributed by atoms with Crippen LogP contribution in [0.25, 0.3) is 0 Å². The normalized spacial score (nSPS) is 21.5. The number of carbonyl (C=O) groups is 1. The Hall–Kier alpha value is -2.23. The molecule has 4 rings (SSSR count). The zero-order valence-corrected chi connectivity index (χ0v) is 19.4. The van der Waals surface area contributed by atoms with Crippen LogP contribution >= 0.6 is 23.4 Å². The lowest BCUT2D eigenvalue weighted by Gasteiger charge is -2.27. The number of hydrogen-bond acceptors (Lipinski definition) is 7. The van der Waals surface area contributed by atoms with Crippen LogP contribution in [0.2, 0.25) is 5.02 Å². The number of thioether (sulfide) groups is 1.